The number of piperidine rings is 1. The van der Waals surface area contributed by atoms with Gasteiger partial charge in [-0.2, -0.15) is 13.2 Å². The van der Waals surface area contributed by atoms with Gasteiger partial charge in [-0.3, -0.25) is 14.7 Å². The number of alkyl halides is 3. The number of benzene rings is 1. The van der Waals surface area contributed by atoms with Crippen molar-refractivity contribution in [1.82, 2.24) is 9.88 Å². The lowest BCUT2D eigenvalue weighted by Crippen LogP contribution is -2.57. The second-order valence-corrected chi connectivity index (χ2v) is 7.79. The van der Waals surface area contributed by atoms with Crippen LogP contribution in [-0.4, -0.2) is 34.4 Å². The number of halogens is 5. The Hall–Kier alpha value is -2.03. The lowest BCUT2D eigenvalue weighted by molar-refractivity contribution is -0.137. The first-order chi connectivity index (χ1) is 13.6. The number of anilines is 1. The van der Waals surface area contributed by atoms with Gasteiger partial charge in [0.2, 0.25) is 5.91 Å². The van der Waals surface area contributed by atoms with Crippen molar-refractivity contribution in [2.45, 2.75) is 31.1 Å². The zero-order valence-corrected chi connectivity index (χ0v) is 16.8. The van der Waals surface area contributed by atoms with E-state index in [0.29, 0.717) is 42.3 Å². The van der Waals surface area contributed by atoms with Gasteiger partial charge in [0, 0.05) is 25.8 Å². The molecule has 1 fully saturated rings. The van der Waals surface area contributed by atoms with Gasteiger partial charge in [-0.25, -0.2) is 0 Å². The predicted octanol–water partition coefficient (Wildman–Crippen LogP) is 4.34. The summed E-state index contributed by atoms with van der Waals surface area (Å²) in [5, 5.41) is 3.62. The summed E-state index contributed by atoms with van der Waals surface area (Å²) in [4.78, 5) is 18.0. The van der Waals surface area contributed by atoms with E-state index in [-0.39, 0.29) is 11.6 Å². The summed E-state index contributed by atoms with van der Waals surface area (Å²) >= 11 is 12.2. The molecule has 1 aromatic carbocycles. The minimum Gasteiger partial charge on any atom is -0.370 e. The number of para-hydroxylation sites is 1. The molecule has 29 heavy (non-hydrogen) atoms. The average Bonchev–Trinajstić information content (AvgIpc) is 2.66. The molecule has 0 atom stereocenters. The fourth-order valence-corrected chi connectivity index (χ4v) is 3.70. The summed E-state index contributed by atoms with van der Waals surface area (Å²) < 4.78 is 38.3. The van der Waals surface area contributed by atoms with Crippen LogP contribution in [-0.2, 0) is 17.5 Å². The van der Waals surface area contributed by atoms with Gasteiger partial charge in [0.15, 0.2) is 0 Å². The van der Waals surface area contributed by atoms with Crippen molar-refractivity contribution >= 4 is 34.8 Å². The third kappa shape index (κ3) is 4.94. The van der Waals surface area contributed by atoms with E-state index in [2.05, 4.69) is 10.3 Å². The average molecular weight is 447 g/mol. The summed E-state index contributed by atoms with van der Waals surface area (Å²) in [5.41, 5.74) is 4.80. The number of hydrogen-bond donors (Lipinski definition) is 2. The fourth-order valence-electron chi connectivity index (χ4n) is 3.30. The smallest absolute Gasteiger partial charge is 0.370 e. The standard InChI is InChI=1S/C19H19Cl2F3N4O/c20-13-3-1-2-4-15(13)27-18(17(25)29)5-7-28(8-6-18)11-16-14(21)9-12(10-26-16)19(22,23)24/h1-4,9-10,27H,5-8,11H2,(H2,25,29). The number of amides is 1. The predicted molar refractivity (Wildman–Crippen MR) is 106 cm³/mol. The highest BCUT2D eigenvalue weighted by Gasteiger charge is 2.40. The second-order valence-electron chi connectivity index (χ2n) is 6.98. The number of nitrogens with zero attached hydrogens (tertiary/aromatic N) is 2. The number of aromatic nitrogens is 1. The largest absolute Gasteiger partial charge is 0.417 e. The van der Waals surface area contributed by atoms with Crippen molar-refractivity contribution in [2.24, 2.45) is 5.73 Å². The molecule has 1 aliphatic rings. The Kier molecular flexibility index (Phi) is 6.26. The van der Waals surface area contributed by atoms with E-state index < -0.39 is 23.2 Å². The third-order valence-electron chi connectivity index (χ3n) is 5.05. The van der Waals surface area contributed by atoms with E-state index in [9.17, 15) is 18.0 Å². The maximum Gasteiger partial charge on any atom is 0.417 e. The topological polar surface area (TPSA) is 71.2 Å². The van der Waals surface area contributed by atoms with Gasteiger partial charge in [-0.05, 0) is 31.0 Å². The van der Waals surface area contributed by atoms with E-state index in [1.165, 1.54) is 0 Å². The monoisotopic (exact) mass is 446 g/mol. The summed E-state index contributed by atoms with van der Waals surface area (Å²) in [6.07, 6.45) is -2.90. The highest BCUT2D eigenvalue weighted by Crippen LogP contribution is 2.33. The normalized spacial score (nSPS) is 17.1. The Balaban J connectivity index is 1.69. The fraction of sp³-hybridized carbons (Fsp3) is 0.368. The van der Waals surface area contributed by atoms with Gasteiger partial charge in [0.25, 0.3) is 0 Å². The number of likely N-dealkylation sites (tertiary alicyclic amines) is 1. The summed E-state index contributed by atoms with van der Waals surface area (Å²) in [6.45, 7) is 1.25. The number of primary amides is 1. The van der Waals surface area contributed by atoms with E-state index in [4.69, 9.17) is 28.9 Å². The molecule has 2 aromatic rings. The molecule has 1 aliphatic heterocycles. The highest BCUT2D eigenvalue weighted by molar-refractivity contribution is 6.33. The zero-order valence-electron chi connectivity index (χ0n) is 15.3. The van der Waals surface area contributed by atoms with Crippen LogP contribution in [0, 0.1) is 0 Å². The minimum absolute atomic E-state index is 0.0410. The Morgan fingerprint density at radius 3 is 2.41 bits per heavy atom. The Morgan fingerprint density at radius 1 is 1.21 bits per heavy atom. The molecule has 0 aliphatic carbocycles. The molecule has 0 spiro atoms. The lowest BCUT2D eigenvalue weighted by Gasteiger charge is -2.40. The van der Waals surface area contributed by atoms with Gasteiger partial charge in [-0.1, -0.05) is 35.3 Å². The maximum absolute atomic E-state index is 12.8. The second kappa shape index (κ2) is 8.38. The summed E-state index contributed by atoms with van der Waals surface area (Å²) in [6, 6.07) is 7.95. The molecule has 1 amide bonds. The molecule has 3 rings (SSSR count). The van der Waals surface area contributed by atoms with E-state index in [1.54, 1.807) is 24.3 Å². The van der Waals surface area contributed by atoms with Crippen molar-refractivity contribution in [3.05, 3.63) is 57.8 Å². The molecule has 0 radical (unpaired) electrons. The molecule has 2 heterocycles. The molecular weight excluding hydrogens is 428 g/mol. The Morgan fingerprint density at radius 2 is 1.86 bits per heavy atom. The van der Waals surface area contributed by atoms with Crippen LogP contribution in [0.3, 0.4) is 0 Å². The van der Waals surface area contributed by atoms with Gasteiger partial charge in [0.05, 0.1) is 27.0 Å². The van der Waals surface area contributed by atoms with Crippen molar-refractivity contribution in [3.63, 3.8) is 0 Å². The minimum atomic E-state index is -4.49. The van der Waals surface area contributed by atoms with E-state index in [0.717, 1.165) is 12.3 Å². The van der Waals surface area contributed by atoms with Gasteiger partial charge < -0.3 is 11.1 Å². The van der Waals surface area contributed by atoms with Crippen LogP contribution in [0.15, 0.2) is 36.5 Å². The van der Waals surface area contributed by atoms with Crippen molar-refractivity contribution in [2.75, 3.05) is 18.4 Å². The molecular formula is C19H19Cl2F3N4O. The van der Waals surface area contributed by atoms with Crippen LogP contribution in [0.4, 0.5) is 18.9 Å². The van der Waals surface area contributed by atoms with Crippen LogP contribution >= 0.6 is 23.2 Å². The number of carbonyl (C=O) groups excluding carboxylic acids is 1. The molecule has 1 aromatic heterocycles. The Bertz CT molecular complexity index is 899. The summed E-state index contributed by atoms with van der Waals surface area (Å²) in [5.74, 6) is -0.484. The first-order valence-electron chi connectivity index (χ1n) is 8.87. The quantitative estimate of drug-likeness (QED) is 0.716. The molecule has 5 nitrogen and oxygen atoms in total. The van der Waals surface area contributed by atoms with Gasteiger partial charge in [-0.15, -0.1) is 0 Å². The lowest BCUT2D eigenvalue weighted by atomic mass is 9.86. The Labute approximate surface area is 176 Å². The van der Waals surface area contributed by atoms with Crippen LogP contribution in [0.25, 0.3) is 0 Å². The SMILES string of the molecule is NC(=O)C1(Nc2ccccc2Cl)CCN(Cc2ncc(C(F)(F)F)cc2Cl)CC1. The summed E-state index contributed by atoms with van der Waals surface area (Å²) in [7, 11) is 0. The number of nitrogens with two attached hydrogens (primary N) is 1. The first kappa shape index (κ1) is 21.7. The molecule has 3 N–H and O–H groups in total. The van der Waals surface area contributed by atoms with Crippen LogP contribution in [0.2, 0.25) is 10.0 Å². The molecule has 0 saturated carbocycles. The maximum atomic E-state index is 12.8. The van der Waals surface area contributed by atoms with Crippen molar-refractivity contribution < 1.29 is 18.0 Å². The van der Waals surface area contributed by atoms with Crippen LogP contribution in [0.1, 0.15) is 24.1 Å². The van der Waals surface area contributed by atoms with Crippen LogP contribution < -0.4 is 11.1 Å². The van der Waals surface area contributed by atoms with Gasteiger partial charge >= 0.3 is 6.18 Å². The number of carbonyl (C=O) groups is 1. The van der Waals surface area contributed by atoms with Crippen LogP contribution in [0.5, 0.6) is 0 Å². The van der Waals surface area contributed by atoms with Crippen molar-refractivity contribution in [1.29, 1.82) is 0 Å². The molecule has 0 unspecified atom stereocenters. The highest BCUT2D eigenvalue weighted by atomic mass is 35.5. The number of hydrogen-bond acceptors (Lipinski definition) is 4. The zero-order chi connectivity index (χ0) is 21.2. The first-order valence-corrected chi connectivity index (χ1v) is 9.63. The third-order valence-corrected chi connectivity index (χ3v) is 5.70. The molecule has 1 saturated heterocycles. The molecule has 0 bridgehead atoms. The number of pyridine rings is 1. The van der Waals surface area contributed by atoms with E-state index >= 15 is 0 Å². The van der Waals surface area contributed by atoms with Crippen molar-refractivity contribution in [3.8, 4) is 0 Å². The van der Waals surface area contributed by atoms with Gasteiger partial charge in [0.1, 0.15) is 5.54 Å². The number of nitrogens with one attached hydrogen (secondary N) is 1. The molecule has 156 valence electrons. The molecule has 10 heteroatoms. The number of rotatable bonds is 5. The van der Waals surface area contributed by atoms with E-state index in [1.807, 2.05) is 4.90 Å².